The predicted octanol–water partition coefficient (Wildman–Crippen LogP) is 3.99. The molecule has 1 atom stereocenters. The van der Waals surface area contributed by atoms with Gasteiger partial charge in [-0.25, -0.2) is 0 Å². The van der Waals surface area contributed by atoms with Gasteiger partial charge in [-0.2, -0.15) is 0 Å². The Hall–Kier alpha value is -1.06. The van der Waals surface area contributed by atoms with Gasteiger partial charge in [-0.1, -0.05) is 24.3 Å². The summed E-state index contributed by atoms with van der Waals surface area (Å²) in [5.74, 6) is 0.878. The van der Waals surface area contributed by atoms with Crippen LogP contribution >= 0.6 is 15.9 Å². The van der Waals surface area contributed by atoms with E-state index in [4.69, 9.17) is 4.42 Å². The SMILES string of the molecule is CNC(C)c1ccc(-c2occc2Br)cc1. The van der Waals surface area contributed by atoms with Crippen molar-refractivity contribution < 1.29 is 4.42 Å². The van der Waals surface area contributed by atoms with E-state index in [1.165, 1.54) is 5.56 Å². The Bertz CT molecular complexity index is 461. The average molecular weight is 280 g/mol. The molecule has 16 heavy (non-hydrogen) atoms. The second kappa shape index (κ2) is 4.85. The largest absolute Gasteiger partial charge is 0.463 e. The molecule has 3 heteroatoms. The van der Waals surface area contributed by atoms with E-state index >= 15 is 0 Å². The summed E-state index contributed by atoms with van der Waals surface area (Å²) >= 11 is 3.46. The van der Waals surface area contributed by atoms with Crippen molar-refractivity contribution in [3.05, 3.63) is 46.6 Å². The van der Waals surface area contributed by atoms with E-state index in [2.05, 4.69) is 52.4 Å². The number of hydrogen-bond donors (Lipinski definition) is 1. The summed E-state index contributed by atoms with van der Waals surface area (Å²) in [5, 5.41) is 3.21. The summed E-state index contributed by atoms with van der Waals surface area (Å²) in [6.45, 7) is 2.14. The molecule has 2 aromatic rings. The smallest absolute Gasteiger partial charge is 0.148 e. The van der Waals surface area contributed by atoms with Gasteiger partial charge in [0.2, 0.25) is 0 Å². The van der Waals surface area contributed by atoms with Crippen LogP contribution in [0.1, 0.15) is 18.5 Å². The lowest BCUT2D eigenvalue weighted by Crippen LogP contribution is -2.11. The molecule has 0 bridgehead atoms. The van der Waals surface area contributed by atoms with Gasteiger partial charge in [0.05, 0.1) is 10.7 Å². The van der Waals surface area contributed by atoms with Gasteiger partial charge in [0.15, 0.2) is 0 Å². The second-order valence-electron chi connectivity index (χ2n) is 3.73. The van der Waals surface area contributed by atoms with Gasteiger partial charge < -0.3 is 9.73 Å². The summed E-state index contributed by atoms with van der Waals surface area (Å²) in [6, 6.07) is 10.7. The molecule has 0 saturated heterocycles. The van der Waals surface area contributed by atoms with Gasteiger partial charge >= 0.3 is 0 Å². The molecule has 0 fully saturated rings. The van der Waals surface area contributed by atoms with E-state index in [9.17, 15) is 0 Å². The maximum absolute atomic E-state index is 5.41. The van der Waals surface area contributed by atoms with E-state index in [1.807, 2.05) is 13.1 Å². The molecule has 1 aromatic heterocycles. The summed E-state index contributed by atoms with van der Waals surface area (Å²) in [4.78, 5) is 0. The van der Waals surface area contributed by atoms with Crippen LogP contribution in [0.15, 0.2) is 45.5 Å². The molecular weight excluding hydrogens is 266 g/mol. The molecule has 84 valence electrons. The zero-order valence-corrected chi connectivity index (χ0v) is 10.9. The lowest BCUT2D eigenvalue weighted by molar-refractivity contribution is 0.581. The molecule has 0 aliphatic carbocycles. The maximum atomic E-state index is 5.41. The van der Waals surface area contributed by atoms with Crippen molar-refractivity contribution in [2.45, 2.75) is 13.0 Å². The Morgan fingerprint density at radius 1 is 1.19 bits per heavy atom. The van der Waals surface area contributed by atoms with Crippen LogP contribution in [0, 0.1) is 0 Å². The standard InChI is InChI=1S/C13H14BrNO/c1-9(15-2)10-3-5-11(6-4-10)13-12(14)7-8-16-13/h3-9,15H,1-2H3. The molecule has 0 amide bonds. The number of furan rings is 1. The highest BCUT2D eigenvalue weighted by atomic mass is 79.9. The Morgan fingerprint density at radius 3 is 2.38 bits per heavy atom. The van der Waals surface area contributed by atoms with Crippen LogP contribution in [-0.2, 0) is 0 Å². The fraction of sp³-hybridized carbons (Fsp3) is 0.231. The van der Waals surface area contributed by atoms with Gasteiger partial charge in [0.25, 0.3) is 0 Å². The lowest BCUT2D eigenvalue weighted by Gasteiger charge is -2.10. The molecule has 0 aliphatic heterocycles. The van der Waals surface area contributed by atoms with Crippen LogP contribution in [0.4, 0.5) is 0 Å². The van der Waals surface area contributed by atoms with Gasteiger partial charge in [0, 0.05) is 11.6 Å². The quantitative estimate of drug-likeness (QED) is 0.919. The van der Waals surface area contributed by atoms with Crippen molar-refractivity contribution in [2.24, 2.45) is 0 Å². The third-order valence-electron chi connectivity index (χ3n) is 2.72. The molecular formula is C13H14BrNO. The summed E-state index contributed by atoms with van der Waals surface area (Å²) in [6.07, 6.45) is 1.68. The molecule has 0 spiro atoms. The summed E-state index contributed by atoms with van der Waals surface area (Å²) < 4.78 is 6.40. The van der Waals surface area contributed by atoms with Gasteiger partial charge in [0.1, 0.15) is 5.76 Å². The Morgan fingerprint density at radius 2 is 1.88 bits per heavy atom. The molecule has 2 rings (SSSR count). The van der Waals surface area contributed by atoms with Crippen molar-refractivity contribution in [1.29, 1.82) is 0 Å². The highest BCUT2D eigenvalue weighted by Gasteiger charge is 2.07. The Kier molecular flexibility index (Phi) is 3.46. The van der Waals surface area contributed by atoms with Crippen LogP contribution in [0.25, 0.3) is 11.3 Å². The molecule has 0 aliphatic rings. The Balaban J connectivity index is 2.30. The van der Waals surface area contributed by atoms with Crippen molar-refractivity contribution >= 4 is 15.9 Å². The third-order valence-corrected chi connectivity index (χ3v) is 3.35. The number of rotatable bonds is 3. The normalized spacial score (nSPS) is 12.7. The second-order valence-corrected chi connectivity index (χ2v) is 4.58. The molecule has 0 saturated carbocycles. The topological polar surface area (TPSA) is 25.2 Å². The zero-order valence-electron chi connectivity index (χ0n) is 9.33. The number of halogens is 1. The number of benzene rings is 1. The van der Waals surface area contributed by atoms with E-state index < -0.39 is 0 Å². The van der Waals surface area contributed by atoms with Crippen molar-refractivity contribution in [1.82, 2.24) is 5.32 Å². The molecule has 1 heterocycles. The molecule has 0 radical (unpaired) electrons. The highest BCUT2D eigenvalue weighted by molar-refractivity contribution is 9.10. The third kappa shape index (κ3) is 2.20. The zero-order chi connectivity index (χ0) is 11.5. The minimum atomic E-state index is 0.370. The van der Waals surface area contributed by atoms with Crippen LogP contribution in [0.3, 0.4) is 0 Å². The van der Waals surface area contributed by atoms with Gasteiger partial charge in [-0.15, -0.1) is 0 Å². The number of hydrogen-bond acceptors (Lipinski definition) is 2. The fourth-order valence-electron chi connectivity index (χ4n) is 1.59. The van der Waals surface area contributed by atoms with Gasteiger partial charge in [-0.3, -0.25) is 0 Å². The van der Waals surface area contributed by atoms with E-state index in [0.717, 1.165) is 15.8 Å². The van der Waals surface area contributed by atoms with E-state index in [1.54, 1.807) is 6.26 Å². The minimum absolute atomic E-state index is 0.370. The highest BCUT2D eigenvalue weighted by Crippen LogP contribution is 2.29. The molecule has 1 aromatic carbocycles. The van der Waals surface area contributed by atoms with Crippen LogP contribution < -0.4 is 5.32 Å². The first-order valence-corrected chi connectivity index (χ1v) is 6.02. The van der Waals surface area contributed by atoms with Crippen LogP contribution in [0.2, 0.25) is 0 Å². The van der Waals surface area contributed by atoms with Crippen molar-refractivity contribution in [3.63, 3.8) is 0 Å². The fourth-order valence-corrected chi connectivity index (χ4v) is 2.02. The Labute approximate surface area is 104 Å². The number of nitrogens with one attached hydrogen (secondary N) is 1. The average Bonchev–Trinajstić information content (AvgIpc) is 2.75. The molecule has 1 unspecified atom stereocenters. The summed E-state index contributed by atoms with van der Waals surface area (Å²) in [5.41, 5.74) is 2.36. The molecule has 1 N–H and O–H groups in total. The van der Waals surface area contributed by atoms with Crippen LogP contribution in [-0.4, -0.2) is 7.05 Å². The van der Waals surface area contributed by atoms with Crippen LogP contribution in [0.5, 0.6) is 0 Å². The van der Waals surface area contributed by atoms with Crippen molar-refractivity contribution in [3.8, 4) is 11.3 Å². The monoisotopic (exact) mass is 279 g/mol. The molecule has 2 nitrogen and oxygen atoms in total. The maximum Gasteiger partial charge on any atom is 0.148 e. The first-order chi connectivity index (χ1) is 7.72. The first-order valence-electron chi connectivity index (χ1n) is 5.23. The van der Waals surface area contributed by atoms with Gasteiger partial charge in [-0.05, 0) is 41.5 Å². The minimum Gasteiger partial charge on any atom is -0.463 e. The van der Waals surface area contributed by atoms with Crippen molar-refractivity contribution in [2.75, 3.05) is 7.05 Å². The van der Waals surface area contributed by atoms with E-state index in [-0.39, 0.29) is 0 Å². The van der Waals surface area contributed by atoms with E-state index in [0.29, 0.717) is 6.04 Å². The lowest BCUT2D eigenvalue weighted by atomic mass is 10.1. The predicted molar refractivity (Wildman–Crippen MR) is 69.3 cm³/mol. The first kappa shape index (κ1) is 11.4. The summed E-state index contributed by atoms with van der Waals surface area (Å²) in [7, 11) is 1.96.